The number of nitrogens with two attached hydrogens (primary N) is 1. The Kier molecular flexibility index (Phi) is 1.90. The van der Waals surface area contributed by atoms with E-state index in [1.807, 2.05) is 0 Å². The topological polar surface area (TPSA) is 26.0 Å². The van der Waals surface area contributed by atoms with E-state index < -0.39 is 0 Å². The van der Waals surface area contributed by atoms with Gasteiger partial charge in [0.25, 0.3) is 0 Å². The molecule has 0 radical (unpaired) electrons. The van der Waals surface area contributed by atoms with Crippen LogP contribution in [0.5, 0.6) is 0 Å². The predicted molar refractivity (Wildman–Crippen MR) is 35.6 cm³/mol. The number of hydrogen-bond donors (Lipinski definition) is 1. The molecule has 1 heteroatoms. The second-order valence-electron chi connectivity index (χ2n) is 3.02. The summed E-state index contributed by atoms with van der Waals surface area (Å²) in [5, 5.41) is 0. The fourth-order valence-electron chi connectivity index (χ4n) is 1.54. The van der Waals surface area contributed by atoms with Crippen molar-refractivity contribution in [3.8, 4) is 0 Å². The highest BCUT2D eigenvalue weighted by Gasteiger charge is 2.18. The zero-order valence-corrected chi connectivity index (χ0v) is 5.56. The van der Waals surface area contributed by atoms with Crippen molar-refractivity contribution in [3.63, 3.8) is 0 Å². The molecule has 2 atom stereocenters. The minimum absolute atomic E-state index is 0.852. The first-order chi connectivity index (χ1) is 3.83. The first-order valence-electron chi connectivity index (χ1n) is 3.53. The van der Waals surface area contributed by atoms with Gasteiger partial charge in [0.1, 0.15) is 0 Å². The summed E-state index contributed by atoms with van der Waals surface area (Å²) in [5.41, 5.74) is 5.50. The second-order valence-corrected chi connectivity index (χ2v) is 3.02. The van der Waals surface area contributed by atoms with Gasteiger partial charge < -0.3 is 5.73 Å². The van der Waals surface area contributed by atoms with Crippen molar-refractivity contribution in [2.75, 3.05) is 6.54 Å². The van der Waals surface area contributed by atoms with E-state index in [4.69, 9.17) is 5.73 Å². The van der Waals surface area contributed by atoms with Crippen molar-refractivity contribution in [2.45, 2.75) is 26.2 Å². The molecular weight excluding hydrogens is 98.1 g/mol. The van der Waals surface area contributed by atoms with Crippen molar-refractivity contribution in [3.05, 3.63) is 0 Å². The largest absolute Gasteiger partial charge is 0.330 e. The van der Waals surface area contributed by atoms with E-state index in [-0.39, 0.29) is 0 Å². The van der Waals surface area contributed by atoms with Crippen LogP contribution >= 0.6 is 0 Å². The van der Waals surface area contributed by atoms with Gasteiger partial charge in [0.15, 0.2) is 0 Å². The van der Waals surface area contributed by atoms with Crippen molar-refractivity contribution in [2.24, 2.45) is 17.6 Å². The third-order valence-electron chi connectivity index (χ3n) is 2.14. The maximum absolute atomic E-state index is 5.50. The molecule has 0 heterocycles. The van der Waals surface area contributed by atoms with E-state index in [1.54, 1.807) is 0 Å². The lowest BCUT2D eigenvalue weighted by molar-refractivity contribution is 0.525. The molecule has 0 spiro atoms. The average molecular weight is 113 g/mol. The molecule has 1 rings (SSSR count). The monoisotopic (exact) mass is 113 g/mol. The van der Waals surface area contributed by atoms with Crippen LogP contribution in [0.4, 0.5) is 0 Å². The van der Waals surface area contributed by atoms with Crippen LogP contribution in [-0.4, -0.2) is 6.54 Å². The van der Waals surface area contributed by atoms with E-state index in [0.717, 1.165) is 18.4 Å². The summed E-state index contributed by atoms with van der Waals surface area (Å²) in [6, 6.07) is 0. The van der Waals surface area contributed by atoms with Crippen LogP contribution in [0.1, 0.15) is 26.2 Å². The minimum atomic E-state index is 0.852. The first-order valence-corrected chi connectivity index (χ1v) is 3.53. The third kappa shape index (κ3) is 1.22. The fraction of sp³-hybridized carbons (Fsp3) is 1.00. The van der Waals surface area contributed by atoms with Gasteiger partial charge in [-0.15, -0.1) is 0 Å². The van der Waals surface area contributed by atoms with Gasteiger partial charge in [-0.05, 0) is 31.2 Å². The SMILES string of the molecule is CC1CCC(CN)C1. The Bertz CT molecular complexity index is 70.8. The van der Waals surface area contributed by atoms with E-state index in [0.29, 0.717) is 0 Å². The zero-order chi connectivity index (χ0) is 5.98. The maximum atomic E-state index is 5.50. The van der Waals surface area contributed by atoms with Crippen LogP contribution in [-0.2, 0) is 0 Å². The zero-order valence-electron chi connectivity index (χ0n) is 5.56. The molecule has 1 nitrogen and oxygen atoms in total. The molecule has 1 aliphatic rings. The summed E-state index contributed by atoms with van der Waals surface area (Å²) >= 11 is 0. The maximum Gasteiger partial charge on any atom is -0.00488 e. The standard InChI is InChI=1S/C7H15N/c1-6-2-3-7(4-6)5-8/h6-7H,2-5,8H2,1H3. The Morgan fingerprint density at radius 1 is 1.50 bits per heavy atom. The minimum Gasteiger partial charge on any atom is -0.330 e. The van der Waals surface area contributed by atoms with Gasteiger partial charge in [0.05, 0.1) is 0 Å². The summed E-state index contributed by atoms with van der Waals surface area (Å²) in [4.78, 5) is 0. The summed E-state index contributed by atoms with van der Waals surface area (Å²) < 4.78 is 0. The van der Waals surface area contributed by atoms with E-state index in [1.165, 1.54) is 19.3 Å². The molecule has 1 saturated carbocycles. The summed E-state index contributed by atoms with van der Waals surface area (Å²) in [7, 11) is 0. The van der Waals surface area contributed by atoms with Gasteiger partial charge in [-0.25, -0.2) is 0 Å². The predicted octanol–water partition coefficient (Wildman–Crippen LogP) is 1.38. The fourth-order valence-corrected chi connectivity index (χ4v) is 1.54. The molecule has 1 aliphatic carbocycles. The average Bonchev–Trinajstić information content (AvgIpc) is 2.14. The van der Waals surface area contributed by atoms with Crippen LogP contribution in [0.15, 0.2) is 0 Å². The normalized spacial score (nSPS) is 38.2. The highest BCUT2D eigenvalue weighted by atomic mass is 14.6. The Morgan fingerprint density at radius 3 is 2.50 bits per heavy atom. The summed E-state index contributed by atoms with van der Waals surface area (Å²) in [6.45, 7) is 3.22. The van der Waals surface area contributed by atoms with Crippen molar-refractivity contribution < 1.29 is 0 Å². The van der Waals surface area contributed by atoms with Crippen LogP contribution in [0, 0.1) is 11.8 Å². The molecule has 0 aromatic heterocycles. The van der Waals surface area contributed by atoms with Crippen molar-refractivity contribution >= 4 is 0 Å². The van der Waals surface area contributed by atoms with Crippen LogP contribution < -0.4 is 5.73 Å². The number of hydrogen-bond acceptors (Lipinski definition) is 1. The molecule has 0 aliphatic heterocycles. The lowest BCUT2D eigenvalue weighted by Gasteiger charge is -2.02. The Labute approximate surface area is 51.3 Å². The molecule has 48 valence electrons. The van der Waals surface area contributed by atoms with Gasteiger partial charge in [-0.1, -0.05) is 13.3 Å². The molecule has 0 bridgehead atoms. The Balaban J connectivity index is 2.22. The van der Waals surface area contributed by atoms with E-state index in [2.05, 4.69) is 6.92 Å². The summed E-state index contributed by atoms with van der Waals surface area (Å²) in [6.07, 6.45) is 4.15. The van der Waals surface area contributed by atoms with E-state index in [9.17, 15) is 0 Å². The van der Waals surface area contributed by atoms with Crippen molar-refractivity contribution in [1.29, 1.82) is 0 Å². The quantitative estimate of drug-likeness (QED) is 0.546. The molecule has 0 amide bonds. The Morgan fingerprint density at radius 2 is 2.25 bits per heavy atom. The first kappa shape index (κ1) is 6.09. The van der Waals surface area contributed by atoms with Gasteiger partial charge in [-0.2, -0.15) is 0 Å². The molecule has 0 aromatic rings. The number of rotatable bonds is 1. The van der Waals surface area contributed by atoms with Gasteiger partial charge in [0.2, 0.25) is 0 Å². The van der Waals surface area contributed by atoms with Crippen LogP contribution in [0.25, 0.3) is 0 Å². The Hall–Kier alpha value is -0.0400. The molecule has 2 N–H and O–H groups in total. The molecule has 0 aromatic carbocycles. The van der Waals surface area contributed by atoms with Gasteiger partial charge >= 0.3 is 0 Å². The second kappa shape index (κ2) is 2.49. The van der Waals surface area contributed by atoms with Crippen LogP contribution in [0.3, 0.4) is 0 Å². The molecule has 8 heavy (non-hydrogen) atoms. The summed E-state index contributed by atoms with van der Waals surface area (Å²) in [5.74, 6) is 1.80. The third-order valence-corrected chi connectivity index (χ3v) is 2.14. The van der Waals surface area contributed by atoms with Gasteiger partial charge in [0, 0.05) is 0 Å². The molecule has 1 fully saturated rings. The van der Waals surface area contributed by atoms with Gasteiger partial charge in [-0.3, -0.25) is 0 Å². The lowest BCUT2D eigenvalue weighted by atomic mass is 10.1. The molecular formula is C7H15N. The van der Waals surface area contributed by atoms with Crippen molar-refractivity contribution in [1.82, 2.24) is 0 Å². The molecule has 2 unspecified atom stereocenters. The smallest absolute Gasteiger partial charge is 0.00488 e. The molecule has 0 saturated heterocycles. The lowest BCUT2D eigenvalue weighted by Crippen LogP contribution is -2.10. The highest BCUT2D eigenvalue weighted by molar-refractivity contribution is 4.72. The van der Waals surface area contributed by atoms with Crippen LogP contribution in [0.2, 0.25) is 0 Å². The van der Waals surface area contributed by atoms with E-state index >= 15 is 0 Å². The highest BCUT2D eigenvalue weighted by Crippen LogP contribution is 2.28.